The average molecular weight is 318 g/mol. The van der Waals surface area contributed by atoms with Crippen LogP contribution in [0.5, 0.6) is 0 Å². The first-order valence-electron chi connectivity index (χ1n) is 8.98. The molecule has 0 radical (unpaired) electrons. The van der Waals surface area contributed by atoms with E-state index in [9.17, 15) is 5.11 Å². The maximum Gasteiger partial charge on any atom is 0.132 e. The van der Waals surface area contributed by atoms with Crippen LogP contribution >= 0.6 is 0 Å². The van der Waals surface area contributed by atoms with Crippen LogP contribution in [0.4, 0.5) is 5.82 Å². The smallest absolute Gasteiger partial charge is 0.132 e. The van der Waals surface area contributed by atoms with Crippen molar-refractivity contribution in [2.45, 2.75) is 52.0 Å². The molecule has 1 aromatic heterocycles. The molecule has 5 nitrogen and oxygen atoms in total. The van der Waals surface area contributed by atoms with Crippen molar-refractivity contribution < 1.29 is 5.11 Å². The van der Waals surface area contributed by atoms with E-state index in [2.05, 4.69) is 39.8 Å². The summed E-state index contributed by atoms with van der Waals surface area (Å²) in [5.74, 6) is 1.92. The summed E-state index contributed by atoms with van der Waals surface area (Å²) in [6.07, 6.45) is 5.50. The number of aromatic nitrogens is 2. The van der Waals surface area contributed by atoms with Gasteiger partial charge < -0.3 is 14.9 Å². The van der Waals surface area contributed by atoms with E-state index in [0.717, 1.165) is 62.7 Å². The minimum absolute atomic E-state index is 0.0812. The first-order valence-corrected chi connectivity index (χ1v) is 8.98. The van der Waals surface area contributed by atoms with Gasteiger partial charge in [-0.15, -0.1) is 0 Å². The summed E-state index contributed by atoms with van der Waals surface area (Å²) < 4.78 is 0. The van der Waals surface area contributed by atoms with Crippen LogP contribution in [0.3, 0.4) is 0 Å². The molecule has 0 aromatic carbocycles. The van der Waals surface area contributed by atoms with E-state index < -0.39 is 0 Å². The molecule has 23 heavy (non-hydrogen) atoms. The van der Waals surface area contributed by atoms with Crippen LogP contribution in [0.25, 0.3) is 0 Å². The molecule has 0 unspecified atom stereocenters. The Balaban J connectivity index is 1.83. The summed E-state index contributed by atoms with van der Waals surface area (Å²) in [7, 11) is 2.20. The Kier molecular flexibility index (Phi) is 4.87. The zero-order valence-corrected chi connectivity index (χ0v) is 14.8. The van der Waals surface area contributed by atoms with Gasteiger partial charge in [0.25, 0.3) is 0 Å². The number of likely N-dealkylation sites (tertiary alicyclic amines) is 1. The van der Waals surface area contributed by atoms with Crippen molar-refractivity contribution in [2.75, 3.05) is 38.2 Å². The summed E-state index contributed by atoms with van der Waals surface area (Å²) in [5, 5.41) is 10.0. The van der Waals surface area contributed by atoms with E-state index in [0.29, 0.717) is 12.6 Å². The van der Waals surface area contributed by atoms with Gasteiger partial charge in [0, 0.05) is 36.3 Å². The van der Waals surface area contributed by atoms with Gasteiger partial charge in [0.15, 0.2) is 0 Å². The van der Waals surface area contributed by atoms with E-state index in [1.807, 2.05) is 6.92 Å². The van der Waals surface area contributed by atoms with Crippen LogP contribution in [0.15, 0.2) is 6.07 Å². The monoisotopic (exact) mass is 318 g/mol. The number of anilines is 1. The van der Waals surface area contributed by atoms with Crippen molar-refractivity contribution in [3.8, 4) is 0 Å². The third-order valence-corrected chi connectivity index (χ3v) is 5.72. The minimum Gasteiger partial charge on any atom is -0.396 e. The van der Waals surface area contributed by atoms with E-state index in [1.165, 1.54) is 6.42 Å². The van der Waals surface area contributed by atoms with Crippen molar-refractivity contribution in [3.05, 3.63) is 17.6 Å². The highest BCUT2D eigenvalue weighted by Crippen LogP contribution is 2.42. The fraction of sp³-hybridized carbons (Fsp3) is 0.778. The molecule has 3 rings (SSSR count). The highest BCUT2D eigenvalue weighted by Gasteiger charge is 2.46. The van der Waals surface area contributed by atoms with Crippen molar-refractivity contribution in [3.63, 3.8) is 0 Å². The van der Waals surface area contributed by atoms with Crippen molar-refractivity contribution in [1.29, 1.82) is 0 Å². The predicted octanol–water partition coefficient (Wildman–Crippen LogP) is 2.02. The van der Waals surface area contributed by atoms with Gasteiger partial charge in [-0.05, 0) is 46.2 Å². The summed E-state index contributed by atoms with van der Waals surface area (Å²) in [4.78, 5) is 14.1. The molecule has 2 aliphatic heterocycles. The molecule has 2 fully saturated rings. The number of rotatable bonds is 4. The zero-order chi connectivity index (χ0) is 16.4. The third kappa shape index (κ3) is 3.22. The quantitative estimate of drug-likeness (QED) is 0.920. The lowest BCUT2D eigenvalue weighted by atomic mass is 9.69. The summed E-state index contributed by atoms with van der Waals surface area (Å²) in [6.45, 7) is 7.54. The number of likely N-dealkylation sites (N-methyl/N-ethyl adjacent to an activating group) is 1. The van der Waals surface area contributed by atoms with Gasteiger partial charge in [0.05, 0.1) is 6.61 Å². The Morgan fingerprint density at radius 1 is 1.30 bits per heavy atom. The van der Waals surface area contributed by atoms with E-state index in [1.54, 1.807) is 0 Å². The predicted molar refractivity (Wildman–Crippen MR) is 92.8 cm³/mol. The van der Waals surface area contributed by atoms with E-state index in [-0.39, 0.29) is 5.41 Å². The third-order valence-electron chi connectivity index (χ3n) is 5.72. The molecule has 2 atom stereocenters. The fourth-order valence-electron chi connectivity index (χ4n) is 4.38. The largest absolute Gasteiger partial charge is 0.396 e. The molecule has 0 saturated carbocycles. The molecule has 0 spiro atoms. The highest BCUT2D eigenvalue weighted by molar-refractivity contribution is 5.41. The Morgan fingerprint density at radius 2 is 2.13 bits per heavy atom. The number of aryl methyl sites for hydroxylation is 2. The van der Waals surface area contributed by atoms with Crippen LogP contribution in [-0.4, -0.2) is 59.3 Å². The first-order chi connectivity index (χ1) is 11.1. The number of nitrogens with zero attached hydrogens (tertiary/aromatic N) is 4. The highest BCUT2D eigenvalue weighted by atomic mass is 16.3. The first kappa shape index (κ1) is 16.7. The minimum atomic E-state index is 0.0812. The lowest BCUT2D eigenvalue weighted by Crippen LogP contribution is -2.61. The Hall–Kier alpha value is -1.20. The standard InChI is InChI=1S/C18H30N4O/c1-4-6-15-11-17(20-14(2)19-15)22-10-8-18(13-23)7-5-9-21(3)16(18)12-22/h11,16,23H,4-10,12-13H2,1-3H3/t16-,18-/m1/s1. The number of aliphatic hydroxyl groups excluding tert-OH is 1. The van der Waals surface area contributed by atoms with Gasteiger partial charge in [0.1, 0.15) is 11.6 Å². The van der Waals surface area contributed by atoms with Crippen LogP contribution in [-0.2, 0) is 6.42 Å². The molecule has 1 aromatic rings. The molecule has 0 amide bonds. The van der Waals surface area contributed by atoms with Gasteiger partial charge in [-0.1, -0.05) is 13.3 Å². The van der Waals surface area contributed by atoms with Crippen LogP contribution in [0.2, 0.25) is 0 Å². The van der Waals surface area contributed by atoms with Gasteiger partial charge in [-0.2, -0.15) is 0 Å². The van der Waals surface area contributed by atoms with Crippen molar-refractivity contribution in [1.82, 2.24) is 14.9 Å². The van der Waals surface area contributed by atoms with Crippen LogP contribution in [0, 0.1) is 12.3 Å². The number of hydrogen-bond donors (Lipinski definition) is 1. The van der Waals surface area contributed by atoms with Crippen LogP contribution < -0.4 is 4.90 Å². The fourth-order valence-corrected chi connectivity index (χ4v) is 4.38. The van der Waals surface area contributed by atoms with Crippen molar-refractivity contribution in [2.24, 2.45) is 5.41 Å². The molecular formula is C18H30N4O. The number of hydrogen-bond acceptors (Lipinski definition) is 5. The Labute approximate surface area is 139 Å². The molecule has 0 bridgehead atoms. The molecule has 1 N–H and O–H groups in total. The molecule has 0 aliphatic carbocycles. The summed E-state index contributed by atoms with van der Waals surface area (Å²) in [5.41, 5.74) is 1.23. The van der Waals surface area contributed by atoms with Crippen LogP contribution in [0.1, 0.15) is 44.1 Å². The van der Waals surface area contributed by atoms with Gasteiger partial charge >= 0.3 is 0 Å². The maximum atomic E-state index is 10.0. The lowest BCUT2D eigenvalue weighted by molar-refractivity contribution is -0.0277. The molecular weight excluding hydrogens is 288 g/mol. The summed E-state index contributed by atoms with van der Waals surface area (Å²) >= 11 is 0. The second kappa shape index (κ2) is 6.73. The number of aliphatic hydroxyl groups is 1. The van der Waals surface area contributed by atoms with E-state index in [4.69, 9.17) is 0 Å². The molecule has 5 heteroatoms. The molecule has 2 aliphatic rings. The average Bonchev–Trinajstić information content (AvgIpc) is 2.54. The topological polar surface area (TPSA) is 52.5 Å². The number of fused-ring (bicyclic) bond motifs is 1. The van der Waals surface area contributed by atoms with Gasteiger partial charge in [-0.25, -0.2) is 9.97 Å². The maximum absolute atomic E-state index is 10.0. The van der Waals surface area contributed by atoms with E-state index >= 15 is 0 Å². The normalized spacial score (nSPS) is 28.7. The molecule has 3 heterocycles. The molecule has 2 saturated heterocycles. The number of piperidine rings is 2. The van der Waals surface area contributed by atoms with Gasteiger partial charge in [-0.3, -0.25) is 0 Å². The second-order valence-corrected chi connectivity index (χ2v) is 7.33. The SMILES string of the molecule is CCCc1cc(N2CC[C@@]3(CO)CCCN(C)[C@@H]3C2)nc(C)n1. The lowest BCUT2D eigenvalue weighted by Gasteiger charge is -2.53. The second-order valence-electron chi connectivity index (χ2n) is 7.33. The Bertz CT molecular complexity index is 550. The molecule has 128 valence electrons. The summed E-state index contributed by atoms with van der Waals surface area (Å²) in [6, 6.07) is 2.57. The zero-order valence-electron chi connectivity index (χ0n) is 14.8. The Morgan fingerprint density at radius 3 is 2.87 bits per heavy atom. The van der Waals surface area contributed by atoms with Gasteiger partial charge in [0.2, 0.25) is 0 Å². The van der Waals surface area contributed by atoms with Crippen molar-refractivity contribution >= 4 is 5.82 Å².